The Labute approximate surface area is 119 Å². The molecule has 3 rings (SSSR count). The highest BCUT2D eigenvalue weighted by molar-refractivity contribution is 5.97. The highest BCUT2D eigenvalue weighted by Gasteiger charge is 2.19. The molecule has 2 aliphatic rings. The number of carbonyl (C=O) groups excluding carboxylic acids is 1. The summed E-state index contributed by atoms with van der Waals surface area (Å²) in [4.78, 5) is 12.4. The van der Waals surface area contributed by atoms with E-state index >= 15 is 0 Å². The van der Waals surface area contributed by atoms with Gasteiger partial charge in [-0.2, -0.15) is 0 Å². The van der Waals surface area contributed by atoms with Gasteiger partial charge in [-0.1, -0.05) is 6.07 Å². The Hall–Kier alpha value is -1.55. The van der Waals surface area contributed by atoms with Gasteiger partial charge in [0.25, 0.3) is 5.91 Å². The van der Waals surface area contributed by atoms with Crippen LogP contribution in [0.1, 0.15) is 35.2 Å². The molecule has 1 atom stereocenters. The van der Waals surface area contributed by atoms with E-state index in [2.05, 4.69) is 16.7 Å². The first-order valence-corrected chi connectivity index (χ1v) is 7.56. The summed E-state index contributed by atoms with van der Waals surface area (Å²) in [6, 6.07) is 5.94. The maximum Gasteiger partial charge on any atom is 0.251 e. The molecule has 2 N–H and O–H groups in total. The zero-order valence-electron chi connectivity index (χ0n) is 11.8. The van der Waals surface area contributed by atoms with Crippen LogP contribution in [-0.4, -0.2) is 32.2 Å². The van der Waals surface area contributed by atoms with Gasteiger partial charge in [-0.3, -0.25) is 4.79 Å². The van der Waals surface area contributed by atoms with Gasteiger partial charge in [-0.15, -0.1) is 0 Å². The van der Waals surface area contributed by atoms with E-state index in [0.717, 1.165) is 68.8 Å². The van der Waals surface area contributed by atoms with Crippen molar-refractivity contribution in [3.05, 3.63) is 29.3 Å². The molecule has 0 saturated carbocycles. The van der Waals surface area contributed by atoms with Crippen molar-refractivity contribution in [3.63, 3.8) is 0 Å². The van der Waals surface area contributed by atoms with E-state index in [0.29, 0.717) is 5.92 Å². The summed E-state index contributed by atoms with van der Waals surface area (Å²) in [5.41, 5.74) is 3.10. The zero-order chi connectivity index (χ0) is 13.8. The van der Waals surface area contributed by atoms with Crippen molar-refractivity contribution in [2.75, 3.05) is 31.6 Å². The van der Waals surface area contributed by atoms with Crippen molar-refractivity contribution in [1.82, 2.24) is 5.32 Å². The molecule has 1 saturated heterocycles. The fraction of sp³-hybridized carbons (Fsp3) is 0.562. The van der Waals surface area contributed by atoms with Crippen LogP contribution >= 0.6 is 0 Å². The largest absolute Gasteiger partial charge is 0.385 e. The lowest BCUT2D eigenvalue weighted by Gasteiger charge is -2.23. The fourth-order valence-electron chi connectivity index (χ4n) is 3.02. The van der Waals surface area contributed by atoms with E-state index in [4.69, 9.17) is 4.74 Å². The van der Waals surface area contributed by atoms with Crippen LogP contribution in [0.15, 0.2) is 18.2 Å². The number of nitrogens with one attached hydrogen (secondary N) is 2. The van der Waals surface area contributed by atoms with Crippen molar-refractivity contribution < 1.29 is 9.53 Å². The molecule has 1 aromatic carbocycles. The fourth-order valence-corrected chi connectivity index (χ4v) is 3.02. The van der Waals surface area contributed by atoms with Gasteiger partial charge >= 0.3 is 0 Å². The monoisotopic (exact) mass is 274 g/mol. The molecule has 4 heteroatoms. The minimum atomic E-state index is 0.0520. The molecule has 0 bridgehead atoms. The van der Waals surface area contributed by atoms with Gasteiger partial charge in [-0.05, 0) is 49.3 Å². The number of carbonyl (C=O) groups is 1. The molecule has 0 spiro atoms. The molecule has 108 valence electrons. The second kappa shape index (κ2) is 6.27. The summed E-state index contributed by atoms with van der Waals surface area (Å²) in [5.74, 6) is 0.515. The van der Waals surface area contributed by atoms with Gasteiger partial charge in [0.2, 0.25) is 0 Å². The topological polar surface area (TPSA) is 50.4 Å². The van der Waals surface area contributed by atoms with Gasteiger partial charge < -0.3 is 15.4 Å². The summed E-state index contributed by atoms with van der Waals surface area (Å²) < 4.78 is 5.45. The van der Waals surface area contributed by atoms with Gasteiger partial charge in [0.05, 0.1) is 6.61 Å². The molecule has 2 heterocycles. The van der Waals surface area contributed by atoms with E-state index in [-0.39, 0.29) is 5.91 Å². The second-order valence-corrected chi connectivity index (χ2v) is 5.66. The molecule has 2 aliphatic heterocycles. The number of ether oxygens (including phenoxy) is 1. The molecule has 0 aliphatic carbocycles. The van der Waals surface area contributed by atoms with E-state index in [1.165, 1.54) is 0 Å². The van der Waals surface area contributed by atoms with Crippen LogP contribution in [-0.2, 0) is 11.2 Å². The standard InChI is InChI=1S/C16H22N2O2/c19-16(18-10-12-4-3-9-20-11-12)14-5-1-7-15-13(14)6-2-8-17-15/h1,5,7,12,17H,2-4,6,8-11H2,(H,18,19). The normalized spacial score (nSPS) is 21.7. The highest BCUT2D eigenvalue weighted by atomic mass is 16.5. The van der Waals surface area contributed by atoms with Gasteiger partial charge in [0.1, 0.15) is 0 Å². The molecule has 0 radical (unpaired) electrons. The molecule has 0 aromatic heterocycles. The average Bonchev–Trinajstić information content (AvgIpc) is 2.53. The first kappa shape index (κ1) is 13.4. The number of hydrogen-bond acceptors (Lipinski definition) is 3. The van der Waals surface area contributed by atoms with Crippen molar-refractivity contribution in [1.29, 1.82) is 0 Å². The zero-order valence-corrected chi connectivity index (χ0v) is 11.8. The van der Waals surface area contributed by atoms with Crippen molar-refractivity contribution in [2.45, 2.75) is 25.7 Å². The van der Waals surface area contributed by atoms with Crippen LogP contribution in [0, 0.1) is 5.92 Å². The van der Waals surface area contributed by atoms with Crippen molar-refractivity contribution in [2.24, 2.45) is 5.92 Å². The number of anilines is 1. The van der Waals surface area contributed by atoms with Crippen LogP contribution in [0.4, 0.5) is 5.69 Å². The lowest BCUT2D eigenvalue weighted by atomic mass is 9.96. The Morgan fingerprint density at radius 3 is 3.20 bits per heavy atom. The first-order valence-electron chi connectivity index (χ1n) is 7.56. The minimum Gasteiger partial charge on any atom is -0.385 e. The average molecular weight is 274 g/mol. The molecule has 20 heavy (non-hydrogen) atoms. The molecule has 1 fully saturated rings. The Morgan fingerprint density at radius 1 is 1.40 bits per heavy atom. The predicted octanol–water partition coefficient (Wildman–Crippen LogP) is 2.20. The lowest BCUT2D eigenvalue weighted by molar-refractivity contribution is 0.0536. The SMILES string of the molecule is O=C(NCC1CCCOC1)c1cccc2c1CCCN2. The number of rotatable bonds is 3. The Balaban J connectivity index is 1.64. The highest BCUT2D eigenvalue weighted by Crippen LogP contribution is 2.25. The lowest BCUT2D eigenvalue weighted by Crippen LogP contribution is -2.34. The molecule has 4 nitrogen and oxygen atoms in total. The molecular weight excluding hydrogens is 252 g/mol. The van der Waals surface area contributed by atoms with Crippen molar-refractivity contribution >= 4 is 11.6 Å². The van der Waals surface area contributed by atoms with Crippen LogP contribution in [0.2, 0.25) is 0 Å². The van der Waals surface area contributed by atoms with Crippen LogP contribution in [0.3, 0.4) is 0 Å². The summed E-state index contributed by atoms with van der Waals surface area (Å²) in [5, 5.41) is 6.44. The molecule has 1 aromatic rings. The quantitative estimate of drug-likeness (QED) is 0.888. The summed E-state index contributed by atoms with van der Waals surface area (Å²) >= 11 is 0. The third-order valence-electron chi connectivity index (χ3n) is 4.15. The third kappa shape index (κ3) is 2.96. The summed E-state index contributed by atoms with van der Waals surface area (Å²) in [6.45, 7) is 3.35. The minimum absolute atomic E-state index is 0.0520. The molecular formula is C16H22N2O2. The van der Waals surface area contributed by atoms with Gasteiger partial charge in [0.15, 0.2) is 0 Å². The number of benzene rings is 1. The third-order valence-corrected chi connectivity index (χ3v) is 4.15. The number of hydrogen-bond donors (Lipinski definition) is 2. The van der Waals surface area contributed by atoms with E-state index in [1.807, 2.05) is 12.1 Å². The first-order chi connectivity index (χ1) is 9.84. The predicted molar refractivity (Wildman–Crippen MR) is 79.1 cm³/mol. The van der Waals surface area contributed by atoms with Crippen molar-refractivity contribution in [3.8, 4) is 0 Å². The van der Waals surface area contributed by atoms with Crippen LogP contribution in [0.5, 0.6) is 0 Å². The Kier molecular flexibility index (Phi) is 4.21. The van der Waals surface area contributed by atoms with E-state index < -0.39 is 0 Å². The Bertz CT molecular complexity index is 481. The maximum absolute atomic E-state index is 12.4. The second-order valence-electron chi connectivity index (χ2n) is 5.66. The maximum atomic E-state index is 12.4. The summed E-state index contributed by atoms with van der Waals surface area (Å²) in [7, 11) is 0. The van der Waals surface area contributed by atoms with Crippen LogP contribution < -0.4 is 10.6 Å². The summed E-state index contributed by atoms with van der Waals surface area (Å²) in [6.07, 6.45) is 4.33. The van der Waals surface area contributed by atoms with Gasteiger partial charge in [0, 0.05) is 30.9 Å². The van der Waals surface area contributed by atoms with Gasteiger partial charge in [-0.25, -0.2) is 0 Å². The number of fused-ring (bicyclic) bond motifs is 1. The Morgan fingerprint density at radius 2 is 2.35 bits per heavy atom. The van der Waals surface area contributed by atoms with E-state index in [1.54, 1.807) is 0 Å². The smallest absolute Gasteiger partial charge is 0.251 e. The molecule has 1 unspecified atom stereocenters. The van der Waals surface area contributed by atoms with Crippen LogP contribution in [0.25, 0.3) is 0 Å². The molecule has 1 amide bonds. The number of amides is 1. The van der Waals surface area contributed by atoms with E-state index in [9.17, 15) is 4.79 Å².